The SMILES string of the molecule is O=C(CCc1cccc(O)c1)N[C@H](CCC(=O)OCc1ccccc1)C(=O)OCc1ccccc1. The number of ether oxygens (including phenoxy) is 2. The maximum absolute atomic E-state index is 12.7. The largest absolute Gasteiger partial charge is 0.508 e. The molecule has 0 fully saturated rings. The lowest BCUT2D eigenvalue weighted by Gasteiger charge is -2.18. The number of aromatic hydroxyl groups is 1. The van der Waals surface area contributed by atoms with Crippen molar-refractivity contribution in [1.29, 1.82) is 0 Å². The van der Waals surface area contributed by atoms with Crippen molar-refractivity contribution < 1.29 is 29.0 Å². The molecule has 0 unspecified atom stereocenters. The molecule has 2 N–H and O–H groups in total. The van der Waals surface area contributed by atoms with Gasteiger partial charge in [-0.1, -0.05) is 72.8 Å². The molecule has 0 radical (unpaired) electrons. The summed E-state index contributed by atoms with van der Waals surface area (Å²) in [5.41, 5.74) is 2.48. The highest BCUT2D eigenvalue weighted by atomic mass is 16.5. The van der Waals surface area contributed by atoms with Gasteiger partial charge in [0, 0.05) is 12.8 Å². The zero-order chi connectivity index (χ0) is 24.9. The fraction of sp³-hybridized carbons (Fsp3) is 0.250. The highest BCUT2D eigenvalue weighted by Crippen LogP contribution is 2.13. The number of benzene rings is 3. The molecular weight excluding hydrogens is 446 g/mol. The number of amides is 1. The summed E-state index contributed by atoms with van der Waals surface area (Å²) in [5.74, 6) is -1.31. The Morgan fingerprint density at radius 2 is 1.34 bits per heavy atom. The second-order valence-electron chi connectivity index (χ2n) is 8.07. The van der Waals surface area contributed by atoms with Crippen molar-refractivity contribution in [3.8, 4) is 5.75 Å². The van der Waals surface area contributed by atoms with Gasteiger partial charge < -0.3 is 19.9 Å². The van der Waals surface area contributed by atoms with Crippen LogP contribution in [0.2, 0.25) is 0 Å². The van der Waals surface area contributed by atoms with Crippen molar-refractivity contribution in [3.05, 3.63) is 102 Å². The third kappa shape index (κ3) is 9.33. The first-order valence-corrected chi connectivity index (χ1v) is 11.5. The minimum absolute atomic E-state index is 0.0508. The monoisotopic (exact) mass is 475 g/mol. The van der Waals surface area contributed by atoms with E-state index >= 15 is 0 Å². The number of hydrogen-bond acceptors (Lipinski definition) is 6. The van der Waals surface area contributed by atoms with Crippen LogP contribution < -0.4 is 5.32 Å². The third-order valence-electron chi connectivity index (χ3n) is 5.27. The molecule has 0 saturated carbocycles. The summed E-state index contributed by atoms with van der Waals surface area (Å²) >= 11 is 0. The van der Waals surface area contributed by atoms with Gasteiger partial charge in [-0.05, 0) is 41.7 Å². The van der Waals surface area contributed by atoms with Crippen LogP contribution in [0.3, 0.4) is 0 Å². The summed E-state index contributed by atoms with van der Waals surface area (Å²) < 4.78 is 10.7. The van der Waals surface area contributed by atoms with Crippen molar-refractivity contribution in [3.63, 3.8) is 0 Å². The minimum Gasteiger partial charge on any atom is -0.508 e. The van der Waals surface area contributed by atoms with E-state index in [4.69, 9.17) is 9.47 Å². The van der Waals surface area contributed by atoms with E-state index in [9.17, 15) is 19.5 Å². The molecule has 0 heterocycles. The molecule has 3 rings (SSSR count). The molecular formula is C28H29NO6. The Morgan fingerprint density at radius 1 is 0.743 bits per heavy atom. The molecule has 3 aromatic rings. The minimum atomic E-state index is -0.986. The van der Waals surface area contributed by atoms with Crippen molar-refractivity contribution in [2.24, 2.45) is 0 Å². The second-order valence-corrected chi connectivity index (χ2v) is 8.07. The standard InChI is InChI=1S/C28H29NO6/c30-24-13-7-12-21(18-24)14-16-26(31)29-25(28(33)35-20-23-10-5-2-6-11-23)15-17-27(32)34-19-22-8-3-1-4-9-22/h1-13,18,25,30H,14-17,19-20H2,(H,29,31)/t25-/m1/s1. The molecule has 0 aromatic heterocycles. The van der Waals surface area contributed by atoms with Gasteiger partial charge in [0.2, 0.25) is 5.91 Å². The number of nitrogens with one attached hydrogen (secondary N) is 1. The van der Waals surface area contributed by atoms with Crippen LogP contribution in [0.1, 0.15) is 36.0 Å². The van der Waals surface area contributed by atoms with Gasteiger partial charge in [0.25, 0.3) is 0 Å². The smallest absolute Gasteiger partial charge is 0.328 e. The number of aryl methyl sites for hydroxylation is 1. The first-order chi connectivity index (χ1) is 17.0. The van der Waals surface area contributed by atoms with Gasteiger partial charge in [0.15, 0.2) is 0 Å². The summed E-state index contributed by atoms with van der Waals surface area (Å²) in [5, 5.41) is 12.3. The zero-order valence-corrected chi connectivity index (χ0v) is 19.4. The molecule has 7 nitrogen and oxygen atoms in total. The molecule has 0 bridgehead atoms. The number of carbonyl (C=O) groups is 3. The topological polar surface area (TPSA) is 102 Å². The van der Waals surface area contributed by atoms with E-state index < -0.39 is 18.0 Å². The average molecular weight is 476 g/mol. The van der Waals surface area contributed by atoms with Crippen LogP contribution in [0.25, 0.3) is 0 Å². The number of carbonyl (C=O) groups excluding carboxylic acids is 3. The predicted molar refractivity (Wildman–Crippen MR) is 130 cm³/mol. The summed E-state index contributed by atoms with van der Waals surface area (Å²) in [4.78, 5) is 37.5. The molecule has 0 spiro atoms. The van der Waals surface area contributed by atoms with Crippen LogP contribution in [0.5, 0.6) is 5.75 Å². The van der Waals surface area contributed by atoms with Gasteiger partial charge in [-0.3, -0.25) is 9.59 Å². The average Bonchev–Trinajstić information content (AvgIpc) is 2.88. The van der Waals surface area contributed by atoms with Gasteiger partial charge in [0.1, 0.15) is 25.0 Å². The van der Waals surface area contributed by atoms with Crippen molar-refractivity contribution in [2.45, 2.75) is 44.9 Å². The van der Waals surface area contributed by atoms with E-state index in [-0.39, 0.29) is 44.1 Å². The van der Waals surface area contributed by atoms with Crippen molar-refractivity contribution >= 4 is 17.8 Å². The molecule has 1 atom stereocenters. The summed E-state index contributed by atoms with van der Waals surface area (Å²) in [6, 6.07) is 24.2. The van der Waals surface area contributed by atoms with Gasteiger partial charge in [-0.25, -0.2) is 4.79 Å². The number of esters is 2. The molecule has 7 heteroatoms. The Labute approximate surface area is 204 Å². The lowest BCUT2D eigenvalue weighted by atomic mass is 10.1. The van der Waals surface area contributed by atoms with Crippen molar-refractivity contribution in [2.75, 3.05) is 0 Å². The van der Waals surface area contributed by atoms with Crippen molar-refractivity contribution in [1.82, 2.24) is 5.32 Å². The normalized spacial score (nSPS) is 11.3. The Morgan fingerprint density at radius 3 is 1.97 bits per heavy atom. The lowest BCUT2D eigenvalue weighted by Crippen LogP contribution is -2.42. The summed E-state index contributed by atoms with van der Waals surface area (Å²) in [7, 11) is 0. The zero-order valence-electron chi connectivity index (χ0n) is 19.4. The number of rotatable bonds is 12. The Hall–Kier alpha value is -4.13. The Balaban J connectivity index is 1.54. The van der Waals surface area contributed by atoms with Crippen LogP contribution in [-0.4, -0.2) is 29.0 Å². The Bertz CT molecular complexity index is 1100. The molecule has 0 saturated heterocycles. The molecule has 3 aromatic carbocycles. The molecule has 1 amide bonds. The lowest BCUT2D eigenvalue weighted by molar-refractivity contribution is -0.150. The summed E-state index contributed by atoms with van der Waals surface area (Å²) in [6.07, 6.45) is 0.513. The van der Waals surface area contributed by atoms with E-state index in [0.717, 1.165) is 16.7 Å². The highest BCUT2D eigenvalue weighted by molar-refractivity contribution is 5.85. The maximum Gasteiger partial charge on any atom is 0.328 e. The van der Waals surface area contributed by atoms with Gasteiger partial charge in [-0.15, -0.1) is 0 Å². The molecule has 0 aliphatic rings. The number of phenols is 1. The number of hydrogen-bond donors (Lipinski definition) is 2. The quantitative estimate of drug-likeness (QED) is 0.383. The third-order valence-corrected chi connectivity index (χ3v) is 5.27. The predicted octanol–water partition coefficient (Wildman–Crippen LogP) is 4.08. The van der Waals surface area contributed by atoms with E-state index in [1.54, 1.807) is 24.3 Å². The second kappa shape index (κ2) is 13.5. The Kier molecular flexibility index (Phi) is 9.87. The van der Waals surface area contributed by atoms with E-state index in [2.05, 4.69) is 5.32 Å². The molecule has 0 aliphatic carbocycles. The van der Waals surface area contributed by atoms with Gasteiger partial charge in [-0.2, -0.15) is 0 Å². The van der Waals surface area contributed by atoms with E-state index in [1.807, 2.05) is 60.7 Å². The fourth-order valence-electron chi connectivity index (χ4n) is 3.39. The number of phenolic OH excluding ortho intramolecular Hbond substituents is 1. The highest BCUT2D eigenvalue weighted by Gasteiger charge is 2.24. The van der Waals surface area contributed by atoms with Gasteiger partial charge in [0.05, 0.1) is 0 Å². The first kappa shape index (κ1) is 25.5. The van der Waals surface area contributed by atoms with Crippen LogP contribution in [0.4, 0.5) is 0 Å². The van der Waals surface area contributed by atoms with Crippen LogP contribution >= 0.6 is 0 Å². The summed E-state index contributed by atoms with van der Waals surface area (Å²) in [6.45, 7) is 0.201. The van der Waals surface area contributed by atoms with Gasteiger partial charge >= 0.3 is 11.9 Å². The molecule has 35 heavy (non-hydrogen) atoms. The van der Waals surface area contributed by atoms with E-state index in [1.165, 1.54) is 0 Å². The maximum atomic E-state index is 12.7. The van der Waals surface area contributed by atoms with Crippen LogP contribution in [-0.2, 0) is 43.5 Å². The molecule has 0 aliphatic heterocycles. The molecule has 182 valence electrons. The first-order valence-electron chi connectivity index (χ1n) is 11.5. The van der Waals surface area contributed by atoms with Crippen LogP contribution in [0.15, 0.2) is 84.9 Å². The van der Waals surface area contributed by atoms with Crippen LogP contribution in [0, 0.1) is 0 Å². The fourth-order valence-corrected chi connectivity index (χ4v) is 3.39. The van der Waals surface area contributed by atoms with E-state index in [0.29, 0.717) is 6.42 Å².